The maximum absolute atomic E-state index is 13.7. The van der Waals surface area contributed by atoms with E-state index < -0.39 is 29.7 Å². The van der Waals surface area contributed by atoms with E-state index in [-0.39, 0.29) is 13.0 Å². The predicted molar refractivity (Wildman–Crippen MR) is 105 cm³/mol. The highest BCUT2D eigenvalue weighted by Gasteiger charge is 2.35. The number of pyridine rings is 1. The molecule has 0 spiro atoms. The number of benzene rings is 2. The molecule has 4 rings (SSSR count). The molecule has 1 aliphatic heterocycles. The Morgan fingerprint density at radius 2 is 1.67 bits per heavy atom. The molecule has 0 fully saturated rings. The van der Waals surface area contributed by atoms with Crippen molar-refractivity contribution >= 4 is 17.8 Å². The van der Waals surface area contributed by atoms with Crippen molar-refractivity contribution in [1.29, 1.82) is 0 Å². The number of hydrogen-bond donors (Lipinski definition) is 0. The van der Waals surface area contributed by atoms with Gasteiger partial charge in [0, 0.05) is 18.3 Å². The third-order valence-corrected chi connectivity index (χ3v) is 4.77. The van der Waals surface area contributed by atoms with Gasteiger partial charge in [-0.1, -0.05) is 30.3 Å². The van der Waals surface area contributed by atoms with E-state index in [1.165, 1.54) is 18.2 Å². The average Bonchev–Trinajstić information content (AvgIpc) is 3.01. The van der Waals surface area contributed by atoms with Crippen LogP contribution in [0.25, 0.3) is 0 Å². The van der Waals surface area contributed by atoms with Crippen molar-refractivity contribution in [3.8, 4) is 0 Å². The summed E-state index contributed by atoms with van der Waals surface area (Å²) in [4.78, 5) is 42.6. The first-order valence-electron chi connectivity index (χ1n) is 9.35. The average molecular weight is 404 g/mol. The number of imide groups is 1. The molecule has 1 aliphatic rings. The highest BCUT2D eigenvalue weighted by Crippen LogP contribution is 2.26. The van der Waals surface area contributed by atoms with Crippen LogP contribution in [0.2, 0.25) is 0 Å². The third kappa shape index (κ3) is 3.82. The van der Waals surface area contributed by atoms with Crippen molar-refractivity contribution in [2.45, 2.75) is 12.5 Å². The molecule has 1 atom stereocenters. The topological polar surface area (TPSA) is 76.6 Å². The molecule has 7 heteroatoms. The van der Waals surface area contributed by atoms with Gasteiger partial charge in [-0.25, -0.2) is 4.39 Å². The van der Waals surface area contributed by atoms with E-state index in [1.54, 1.807) is 54.7 Å². The van der Waals surface area contributed by atoms with Crippen molar-refractivity contribution in [2.24, 2.45) is 0 Å². The molecule has 2 aromatic carbocycles. The highest BCUT2D eigenvalue weighted by atomic mass is 19.1. The number of rotatable bonds is 6. The van der Waals surface area contributed by atoms with Gasteiger partial charge in [0.15, 0.2) is 6.10 Å². The Balaban J connectivity index is 1.48. The number of fused-ring (bicyclic) bond motifs is 1. The first kappa shape index (κ1) is 19.4. The molecule has 6 nitrogen and oxygen atoms in total. The number of carbonyl (C=O) groups excluding carboxylic acids is 3. The first-order chi connectivity index (χ1) is 14.5. The highest BCUT2D eigenvalue weighted by molar-refractivity contribution is 6.21. The molecule has 3 aromatic rings. The van der Waals surface area contributed by atoms with Crippen LogP contribution in [0.5, 0.6) is 0 Å². The summed E-state index contributed by atoms with van der Waals surface area (Å²) in [6.07, 6.45) is 0.454. The summed E-state index contributed by atoms with van der Waals surface area (Å²) in [7, 11) is 0. The quantitative estimate of drug-likeness (QED) is 0.464. The SMILES string of the molecule is O=C(CCN1C(=O)c2ccccc2C1=O)OC(c1cccc(F)c1)c1ccccn1. The lowest BCUT2D eigenvalue weighted by molar-refractivity contribution is -0.147. The lowest BCUT2D eigenvalue weighted by Gasteiger charge is -2.19. The van der Waals surface area contributed by atoms with E-state index in [9.17, 15) is 18.8 Å². The minimum absolute atomic E-state index is 0.108. The normalized spacial score (nSPS) is 13.8. The van der Waals surface area contributed by atoms with Crippen LogP contribution in [0, 0.1) is 5.82 Å². The Morgan fingerprint density at radius 1 is 0.967 bits per heavy atom. The van der Waals surface area contributed by atoms with Gasteiger partial charge in [0.25, 0.3) is 11.8 Å². The summed E-state index contributed by atoms with van der Waals surface area (Å²) >= 11 is 0. The van der Waals surface area contributed by atoms with Gasteiger partial charge in [-0.3, -0.25) is 24.3 Å². The van der Waals surface area contributed by atoms with Gasteiger partial charge in [-0.15, -0.1) is 0 Å². The summed E-state index contributed by atoms with van der Waals surface area (Å²) < 4.78 is 19.3. The number of esters is 1. The van der Waals surface area contributed by atoms with Crippen LogP contribution in [0.4, 0.5) is 4.39 Å². The summed E-state index contributed by atoms with van der Waals surface area (Å²) in [5.74, 6) is -1.97. The van der Waals surface area contributed by atoms with E-state index in [2.05, 4.69) is 4.98 Å². The van der Waals surface area contributed by atoms with Crippen LogP contribution in [0.15, 0.2) is 72.9 Å². The van der Waals surface area contributed by atoms with Crippen LogP contribution in [0.3, 0.4) is 0 Å². The van der Waals surface area contributed by atoms with E-state index in [1.807, 2.05) is 0 Å². The molecule has 150 valence electrons. The fourth-order valence-corrected chi connectivity index (χ4v) is 3.34. The Morgan fingerprint density at radius 3 is 2.30 bits per heavy atom. The smallest absolute Gasteiger partial charge is 0.308 e. The molecule has 1 unspecified atom stereocenters. The Bertz CT molecular complexity index is 1080. The van der Waals surface area contributed by atoms with Crippen LogP contribution < -0.4 is 0 Å². The predicted octanol–water partition coefficient (Wildman–Crippen LogP) is 3.54. The molecule has 0 radical (unpaired) electrons. The van der Waals surface area contributed by atoms with Gasteiger partial charge >= 0.3 is 5.97 Å². The van der Waals surface area contributed by atoms with Gasteiger partial charge in [-0.05, 0) is 36.4 Å². The fourth-order valence-electron chi connectivity index (χ4n) is 3.34. The monoisotopic (exact) mass is 404 g/mol. The molecule has 2 amide bonds. The Hall–Kier alpha value is -3.87. The maximum atomic E-state index is 13.7. The number of carbonyl (C=O) groups is 3. The summed E-state index contributed by atoms with van der Waals surface area (Å²) in [6.45, 7) is -0.108. The Kier molecular flexibility index (Phi) is 5.34. The van der Waals surface area contributed by atoms with Crippen LogP contribution in [-0.4, -0.2) is 34.2 Å². The molecule has 0 bridgehead atoms. The summed E-state index contributed by atoms with van der Waals surface area (Å²) in [5, 5.41) is 0. The minimum Gasteiger partial charge on any atom is -0.451 e. The maximum Gasteiger partial charge on any atom is 0.308 e. The molecule has 1 aromatic heterocycles. The number of ether oxygens (including phenoxy) is 1. The second-order valence-electron chi connectivity index (χ2n) is 6.74. The van der Waals surface area contributed by atoms with Crippen LogP contribution >= 0.6 is 0 Å². The molecule has 30 heavy (non-hydrogen) atoms. The van der Waals surface area contributed by atoms with Gasteiger partial charge in [0.1, 0.15) is 5.82 Å². The number of amides is 2. The van der Waals surface area contributed by atoms with Gasteiger partial charge < -0.3 is 4.74 Å². The van der Waals surface area contributed by atoms with E-state index >= 15 is 0 Å². The van der Waals surface area contributed by atoms with Gasteiger partial charge in [0.05, 0.1) is 23.2 Å². The van der Waals surface area contributed by atoms with E-state index in [0.717, 1.165) is 4.90 Å². The number of nitrogens with zero attached hydrogens (tertiary/aromatic N) is 2. The molecule has 0 saturated carbocycles. The van der Waals surface area contributed by atoms with Crippen LogP contribution in [-0.2, 0) is 9.53 Å². The molecule has 2 heterocycles. The number of aromatic nitrogens is 1. The largest absolute Gasteiger partial charge is 0.451 e. The zero-order valence-electron chi connectivity index (χ0n) is 15.8. The molecule has 0 N–H and O–H groups in total. The zero-order chi connectivity index (χ0) is 21.1. The molecule has 0 saturated heterocycles. The fraction of sp³-hybridized carbons (Fsp3) is 0.130. The van der Waals surface area contributed by atoms with Crippen molar-refractivity contribution < 1.29 is 23.5 Å². The lowest BCUT2D eigenvalue weighted by atomic mass is 10.1. The third-order valence-electron chi connectivity index (χ3n) is 4.77. The van der Waals surface area contributed by atoms with Gasteiger partial charge in [-0.2, -0.15) is 0 Å². The van der Waals surface area contributed by atoms with E-state index in [4.69, 9.17) is 4.74 Å². The van der Waals surface area contributed by atoms with E-state index in [0.29, 0.717) is 22.4 Å². The summed E-state index contributed by atoms with van der Waals surface area (Å²) in [6, 6.07) is 17.4. The van der Waals surface area contributed by atoms with Crippen molar-refractivity contribution in [3.05, 3.63) is 101 Å². The molecular weight excluding hydrogens is 387 g/mol. The number of hydrogen-bond acceptors (Lipinski definition) is 5. The standard InChI is InChI=1S/C23H17FN2O4/c24-16-7-5-6-15(14-16)21(19-10-3-4-12-25-19)30-20(27)11-13-26-22(28)17-8-1-2-9-18(17)23(26)29/h1-10,12,14,21H,11,13H2. The number of halogens is 1. The zero-order valence-corrected chi connectivity index (χ0v) is 15.8. The first-order valence-corrected chi connectivity index (χ1v) is 9.35. The Labute approximate surface area is 171 Å². The second kappa shape index (κ2) is 8.24. The summed E-state index contributed by atoms with van der Waals surface area (Å²) in [5.41, 5.74) is 1.52. The lowest BCUT2D eigenvalue weighted by Crippen LogP contribution is -2.32. The molecule has 0 aliphatic carbocycles. The molecular formula is C23H17FN2O4. The van der Waals surface area contributed by atoms with Crippen molar-refractivity contribution in [3.63, 3.8) is 0 Å². The van der Waals surface area contributed by atoms with Crippen molar-refractivity contribution in [2.75, 3.05) is 6.54 Å². The minimum atomic E-state index is -0.906. The van der Waals surface area contributed by atoms with Crippen LogP contribution in [0.1, 0.15) is 44.5 Å². The van der Waals surface area contributed by atoms with Crippen molar-refractivity contribution in [1.82, 2.24) is 9.88 Å². The van der Waals surface area contributed by atoms with Gasteiger partial charge in [0.2, 0.25) is 0 Å². The second-order valence-corrected chi connectivity index (χ2v) is 6.74.